The van der Waals surface area contributed by atoms with E-state index in [4.69, 9.17) is 14.2 Å². The maximum atomic E-state index is 12.9. The van der Waals surface area contributed by atoms with Gasteiger partial charge in [0.15, 0.2) is 0 Å². The first-order valence-corrected chi connectivity index (χ1v) is 14.2. The van der Waals surface area contributed by atoms with E-state index in [9.17, 15) is 9.59 Å². The summed E-state index contributed by atoms with van der Waals surface area (Å²) >= 11 is 3.42. The molecule has 0 amide bonds. The molecule has 8 heteroatoms. The molecule has 4 aromatic rings. The Hall–Kier alpha value is -4.30. The molecule has 0 aliphatic carbocycles. The molecule has 0 aromatic heterocycles. The van der Waals surface area contributed by atoms with Crippen molar-refractivity contribution >= 4 is 50.0 Å². The minimum Gasteiger partial charge on any atom is -0.494 e. The van der Waals surface area contributed by atoms with Gasteiger partial charge in [-0.2, -0.15) is 5.11 Å². The van der Waals surface area contributed by atoms with Crippen LogP contribution in [0.5, 0.6) is 11.5 Å². The Morgan fingerprint density at radius 3 is 2.17 bits per heavy atom. The van der Waals surface area contributed by atoms with E-state index in [2.05, 4.69) is 32.7 Å². The number of hydrogen-bond acceptors (Lipinski definition) is 7. The Morgan fingerprint density at radius 1 is 0.780 bits per heavy atom. The number of nitrogens with zero attached hydrogens (tertiary/aromatic N) is 2. The van der Waals surface area contributed by atoms with E-state index < -0.39 is 5.97 Å². The molecule has 0 spiro atoms. The van der Waals surface area contributed by atoms with Crippen LogP contribution in [0.4, 0.5) is 11.4 Å². The molecule has 7 nitrogen and oxygen atoms in total. The normalized spacial score (nSPS) is 11.0. The van der Waals surface area contributed by atoms with Gasteiger partial charge in [-0.05, 0) is 93.3 Å². The molecular formula is C33H31BrN2O5. The van der Waals surface area contributed by atoms with E-state index in [1.807, 2.05) is 48.5 Å². The summed E-state index contributed by atoms with van der Waals surface area (Å²) in [6.07, 6.45) is 3.60. The van der Waals surface area contributed by atoms with Crippen molar-refractivity contribution in [1.82, 2.24) is 0 Å². The van der Waals surface area contributed by atoms with E-state index in [-0.39, 0.29) is 5.97 Å². The van der Waals surface area contributed by atoms with Crippen molar-refractivity contribution in [3.8, 4) is 11.5 Å². The van der Waals surface area contributed by atoms with Crippen LogP contribution in [-0.4, -0.2) is 25.2 Å². The average Bonchev–Trinajstić information content (AvgIpc) is 2.99. The van der Waals surface area contributed by atoms with Gasteiger partial charge in [-0.1, -0.05) is 46.8 Å². The molecule has 0 saturated carbocycles. The van der Waals surface area contributed by atoms with Gasteiger partial charge in [-0.25, -0.2) is 9.59 Å². The first kappa shape index (κ1) is 29.7. The Bertz CT molecular complexity index is 1530. The van der Waals surface area contributed by atoms with Crippen molar-refractivity contribution < 1.29 is 23.8 Å². The number of benzene rings is 4. The zero-order valence-corrected chi connectivity index (χ0v) is 24.4. The summed E-state index contributed by atoms with van der Waals surface area (Å²) in [6, 6.07) is 25.6. The average molecular weight is 616 g/mol. The maximum absolute atomic E-state index is 12.9. The number of hydrogen-bond donors (Lipinski definition) is 0. The van der Waals surface area contributed by atoms with Crippen molar-refractivity contribution in [2.75, 3.05) is 13.2 Å². The van der Waals surface area contributed by atoms with Crippen LogP contribution >= 0.6 is 15.9 Å². The second kappa shape index (κ2) is 14.9. The largest absolute Gasteiger partial charge is 0.494 e. The minimum atomic E-state index is -0.460. The lowest BCUT2D eigenvalue weighted by atomic mass is 10.1. The van der Waals surface area contributed by atoms with Crippen LogP contribution in [0, 0.1) is 0 Å². The lowest BCUT2D eigenvalue weighted by molar-refractivity contribution is -0.139. The van der Waals surface area contributed by atoms with Crippen LogP contribution in [0.25, 0.3) is 10.8 Å². The first-order valence-electron chi connectivity index (χ1n) is 13.4. The molecule has 0 saturated heterocycles. The van der Waals surface area contributed by atoms with Crippen LogP contribution in [0.15, 0.2) is 112 Å². The van der Waals surface area contributed by atoms with Crippen LogP contribution in [0.3, 0.4) is 0 Å². The molecular weight excluding hydrogens is 584 g/mol. The number of carbonyl (C=O) groups excluding carboxylic acids is 2. The number of azo groups is 1. The zero-order chi connectivity index (χ0) is 29.0. The third kappa shape index (κ3) is 8.85. The lowest BCUT2D eigenvalue weighted by Gasteiger charge is -2.10. The predicted molar refractivity (Wildman–Crippen MR) is 163 cm³/mol. The molecule has 0 radical (unpaired) electrons. The molecule has 41 heavy (non-hydrogen) atoms. The Balaban J connectivity index is 1.28. The summed E-state index contributed by atoms with van der Waals surface area (Å²) in [5.41, 5.74) is 2.25. The fourth-order valence-electron chi connectivity index (χ4n) is 3.93. The van der Waals surface area contributed by atoms with Crippen LogP contribution in [-0.2, 0) is 9.53 Å². The second-order valence-electron chi connectivity index (χ2n) is 9.40. The van der Waals surface area contributed by atoms with E-state index >= 15 is 0 Å². The third-order valence-electron chi connectivity index (χ3n) is 6.14. The van der Waals surface area contributed by atoms with E-state index in [1.54, 1.807) is 43.3 Å². The molecule has 0 fully saturated rings. The molecule has 0 aliphatic rings. The van der Waals surface area contributed by atoms with Gasteiger partial charge in [-0.3, -0.25) is 0 Å². The van der Waals surface area contributed by atoms with Crippen molar-refractivity contribution in [1.29, 1.82) is 0 Å². The van der Waals surface area contributed by atoms with Gasteiger partial charge in [0.05, 0.1) is 30.2 Å². The van der Waals surface area contributed by atoms with Gasteiger partial charge in [0.2, 0.25) is 0 Å². The van der Waals surface area contributed by atoms with Crippen molar-refractivity contribution in [2.45, 2.75) is 32.6 Å². The number of carbonyl (C=O) groups is 2. The van der Waals surface area contributed by atoms with Crippen LogP contribution in [0.1, 0.15) is 43.0 Å². The topological polar surface area (TPSA) is 86.5 Å². The number of halogens is 1. The second-order valence-corrected chi connectivity index (χ2v) is 10.3. The van der Waals surface area contributed by atoms with Crippen molar-refractivity contribution in [3.63, 3.8) is 0 Å². The first-order chi connectivity index (χ1) is 19.9. The van der Waals surface area contributed by atoms with Gasteiger partial charge >= 0.3 is 11.9 Å². The number of esters is 2. The summed E-state index contributed by atoms with van der Waals surface area (Å²) in [5.74, 6) is 0.326. The molecule has 210 valence electrons. The molecule has 0 atom stereocenters. The van der Waals surface area contributed by atoms with Gasteiger partial charge in [-0.15, -0.1) is 5.11 Å². The minimum absolute atomic E-state index is 0.345. The van der Waals surface area contributed by atoms with E-state index in [1.165, 1.54) is 0 Å². The fraction of sp³-hybridized carbons (Fsp3) is 0.212. The van der Waals surface area contributed by atoms with Gasteiger partial charge in [0.25, 0.3) is 0 Å². The molecule has 0 heterocycles. The van der Waals surface area contributed by atoms with Crippen molar-refractivity contribution in [3.05, 3.63) is 107 Å². The summed E-state index contributed by atoms with van der Waals surface area (Å²) < 4.78 is 17.6. The Morgan fingerprint density at radius 2 is 1.46 bits per heavy atom. The molecule has 0 aliphatic heterocycles. The summed E-state index contributed by atoms with van der Waals surface area (Å²) in [6.45, 7) is 6.17. The highest BCUT2D eigenvalue weighted by Gasteiger charge is 2.13. The molecule has 0 bridgehead atoms. The van der Waals surface area contributed by atoms with Gasteiger partial charge < -0.3 is 14.2 Å². The van der Waals surface area contributed by atoms with Gasteiger partial charge in [0, 0.05) is 20.8 Å². The van der Waals surface area contributed by atoms with Crippen molar-refractivity contribution in [2.24, 2.45) is 10.2 Å². The summed E-state index contributed by atoms with van der Waals surface area (Å²) in [7, 11) is 0. The highest BCUT2D eigenvalue weighted by atomic mass is 79.9. The molecule has 4 rings (SSSR count). The highest BCUT2D eigenvalue weighted by Crippen LogP contribution is 2.34. The number of unbranched alkanes of at least 4 members (excludes halogenated alkanes) is 3. The predicted octanol–water partition coefficient (Wildman–Crippen LogP) is 9.30. The monoisotopic (exact) mass is 614 g/mol. The standard InChI is InChI=1S/C33H31BrN2O5/c1-23(2)32(37)40-22-8-4-3-7-21-39-27-17-11-24(12-18-27)33(38)41-31-20-19-30(28-9-5-6-10-29(28)31)36-35-26-15-13-25(34)14-16-26/h5-6,9-20H,1,3-4,7-8,21-22H2,2H3. The van der Waals surface area contributed by atoms with E-state index in [0.29, 0.717) is 41.5 Å². The number of ether oxygens (including phenoxy) is 3. The molecule has 4 aromatic carbocycles. The zero-order valence-electron chi connectivity index (χ0n) is 22.8. The summed E-state index contributed by atoms with van der Waals surface area (Å²) in [4.78, 5) is 24.3. The molecule has 0 N–H and O–H groups in total. The number of rotatable bonds is 13. The Labute approximate surface area is 248 Å². The fourth-order valence-corrected chi connectivity index (χ4v) is 4.20. The SMILES string of the molecule is C=C(C)C(=O)OCCCCCCOc1ccc(C(=O)Oc2ccc(N=Nc3ccc(Br)cc3)c3ccccc23)cc1. The highest BCUT2D eigenvalue weighted by molar-refractivity contribution is 9.10. The number of fused-ring (bicyclic) bond motifs is 1. The quantitative estimate of drug-likeness (QED) is 0.0492. The van der Waals surface area contributed by atoms with Crippen LogP contribution in [0.2, 0.25) is 0 Å². The maximum Gasteiger partial charge on any atom is 0.343 e. The van der Waals surface area contributed by atoms with E-state index in [0.717, 1.165) is 46.6 Å². The molecule has 0 unspecified atom stereocenters. The smallest absolute Gasteiger partial charge is 0.343 e. The lowest BCUT2D eigenvalue weighted by Crippen LogP contribution is -2.08. The van der Waals surface area contributed by atoms with Gasteiger partial charge in [0.1, 0.15) is 11.5 Å². The van der Waals surface area contributed by atoms with Crippen LogP contribution < -0.4 is 9.47 Å². The third-order valence-corrected chi connectivity index (χ3v) is 6.67. The summed E-state index contributed by atoms with van der Waals surface area (Å²) in [5, 5.41) is 10.3. The Kier molecular flexibility index (Phi) is 10.8.